The van der Waals surface area contributed by atoms with Gasteiger partial charge in [0.2, 0.25) is 0 Å². The second-order valence-corrected chi connectivity index (χ2v) is 5.59. The summed E-state index contributed by atoms with van der Waals surface area (Å²) < 4.78 is 0. The second-order valence-electron chi connectivity index (χ2n) is 4.75. The molecule has 2 aromatic carbocycles. The molecule has 106 valence electrons. The maximum absolute atomic E-state index is 9.13. The average Bonchev–Trinajstić information content (AvgIpc) is 2.45. The predicted molar refractivity (Wildman–Crippen MR) is 84.1 cm³/mol. The highest BCUT2D eigenvalue weighted by atomic mass is 35.5. The van der Waals surface area contributed by atoms with Gasteiger partial charge in [0, 0.05) is 22.6 Å². The van der Waals surface area contributed by atoms with Crippen LogP contribution < -0.4 is 5.32 Å². The molecule has 0 bridgehead atoms. The van der Waals surface area contributed by atoms with Crippen molar-refractivity contribution in [1.82, 2.24) is 5.32 Å². The van der Waals surface area contributed by atoms with Gasteiger partial charge in [0.15, 0.2) is 0 Å². The van der Waals surface area contributed by atoms with Gasteiger partial charge in [-0.2, -0.15) is 0 Å². The van der Waals surface area contributed by atoms with Crippen LogP contribution in [0.5, 0.6) is 0 Å². The Bertz CT molecular complexity index is 586. The maximum atomic E-state index is 9.13. The number of hydrogen-bond donors (Lipinski definition) is 2. The molecule has 0 amide bonds. The molecule has 0 fully saturated rings. The minimum atomic E-state index is 0.0619. The lowest BCUT2D eigenvalue weighted by atomic mass is 10.1. The van der Waals surface area contributed by atoms with E-state index in [1.165, 1.54) is 0 Å². The third-order valence-electron chi connectivity index (χ3n) is 3.22. The van der Waals surface area contributed by atoms with Crippen LogP contribution in [0.1, 0.15) is 29.7 Å². The van der Waals surface area contributed by atoms with Gasteiger partial charge < -0.3 is 10.4 Å². The highest BCUT2D eigenvalue weighted by Gasteiger charge is 2.09. The van der Waals surface area contributed by atoms with Crippen LogP contribution in [0.2, 0.25) is 10.0 Å². The summed E-state index contributed by atoms with van der Waals surface area (Å²) in [5.74, 6) is 0. The first-order valence-electron chi connectivity index (χ1n) is 6.47. The molecule has 4 heteroatoms. The van der Waals surface area contributed by atoms with Gasteiger partial charge in [-0.25, -0.2) is 0 Å². The van der Waals surface area contributed by atoms with Crippen LogP contribution in [0, 0.1) is 0 Å². The first-order valence-corrected chi connectivity index (χ1v) is 7.22. The highest BCUT2D eigenvalue weighted by Crippen LogP contribution is 2.26. The molecule has 2 rings (SSSR count). The first kappa shape index (κ1) is 15.3. The van der Waals surface area contributed by atoms with Gasteiger partial charge >= 0.3 is 0 Å². The van der Waals surface area contributed by atoms with E-state index in [9.17, 15) is 0 Å². The fourth-order valence-electron chi connectivity index (χ4n) is 2.07. The average molecular weight is 310 g/mol. The molecule has 0 saturated heterocycles. The van der Waals surface area contributed by atoms with Gasteiger partial charge in [0.1, 0.15) is 0 Å². The van der Waals surface area contributed by atoms with E-state index in [-0.39, 0.29) is 12.6 Å². The Hall–Kier alpha value is -1.06. The fourth-order valence-corrected chi connectivity index (χ4v) is 2.64. The number of aliphatic hydroxyl groups is 1. The second kappa shape index (κ2) is 7.09. The van der Waals surface area contributed by atoms with E-state index in [0.717, 1.165) is 16.7 Å². The smallest absolute Gasteiger partial charge is 0.0681 e. The molecular formula is C16H17Cl2NO. The summed E-state index contributed by atoms with van der Waals surface area (Å²) in [5.41, 5.74) is 3.07. The number of halogens is 2. The van der Waals surface area contributed by atoms with Crippen LogP contribution in [0.3, 0.4) is 0 Å². The van der Waals surface area contributed by atoms with Crippen LogP contribution >= 0.6 is 23.2 Å². The lowest BCUT2D eigenvalue weighted by molar-refractivity contribution is 0.281. The summed E-state index contributed by atoms with van der Waals surface area (Å²) in [4.78, 5) is 0. The van der Waals surface area contributed by atoms with Gasteiger partial charge in [0.05, 0.1) is 6.61 Å². The summed E-state index contributed by atoms with van der Waals surface area (Å²) in [6.07, 6.45) is 0. The topological polar surface area (TPSA) is 32.3 Å². The number of benzene rings is 2. The molecule has 0 aliphatic heterocycles. The van der Waals surface area contributed by atoms with E-state index in [1.807, 2.05) is 36.4 Å². The lowest BCUT2D eigenvalue weighted by Crippen LogP contribution is -2.18. The van der Waals surface area contributed by atoms with Crippen molar-refractivity contribution in [2.75, 3.05) is 0 Å². The zero-order chi connectivity index (χ0) is 14.5. The first-order chi connectivity index (χ1) is 9.60. The molecule has 0 aliphatic rings. The number of hydrogen-bond acceptors (Lipinski definition) is 2. The van der Waals surface area contributed by atoms with Crippen molar-refractivity contribution in [3.05, 3.63) is 69.2 Å². The van der Waals surface area contributed by atoms with E-state index >= 15 is 0 Å². The maximum Gasteiger partial charge on any atom is 0.0681 e. The molecule has 2 N–H and O–H groups in total. The molecule has 0 aromatic heterocycles. The highest BCUT2D eigenvalue weighted by molar-refractivity contribution is 6.35. The summed E-state index contributed by atoms with van der Waals surface area (Å²) >= 11 is 12.1. The van der Waals surface area contributed by atoms with Crippen molar-refractivity contribution >= 4 is 23.2 Å². The predicted octanol–water partition coefficient (Wildman–Crippen LogP) is 4.34. The van der Waals surface area contributed by atoms with Gasteiger partial charge in [-0.15, -0.1) is 0 Å². The SMILES string of the molecule is CC(NCc1cccc(CO)c1)c1ccc(Cl)cc1Cl. The summed E-state index contributed by atoms with van der Waals surface area (Å²) in [6, 6.07) is 13.5. The minimum absolute atomic E-state index is 0.0619. The molecule has 0 heterocycles. The fraction of sp³-hybridized carbons (Fsp3) is 0.250. The van der Waals surface area contributed by atoms with Crippen molar-refractivity contribution in [3.8, 4) is 0 Å². The molecule has 1 unspecified atom stereocenters. The zero-order valence-electron chi connectivity index (χ0n) is 11.2. The quantitative estimate of drug-likeness (QED) is 0.861. The Labute approximate surface area is 129 Å². The van der Waals surface area contributed by atoms with Crippen molar-refractivity contribution in [2.24, 2.45) is 0 Å². The Morgan fingerprint density at radius 1 is 1.10 bits per heavy atom. The van der Waals surface area contributed by atoms with E-state index in [1.54, 1.807) is 6.07 Å². The zero-order valence-corrected chi connectivity index (χ0v) is 12.7. The van der Waals surface area contributed by atoms with E-state index in [4.69, 9.17) is 28.3 Å². The van der Waals surface area contributed by atoms with Crippen molar-refractivity contribution in [3.63, 3.8) is 0 Å². The number of nitrogens with one attached hydrogen (secondary N) is 1. The molecule has 1 atom stereocenters. The third-order valence-corrected chi connectivity index (χ3v) is 3.78. The Balaban J connectivity index is 2.02. The van der Waals surface area contributed by atoms with Crippen LogP contribution in [-0.2, 0) is 13.2 Å². The molecule has 0 radical (unpaired) electrons. The van der Waals surface area contributed by atoms with Gasteiger partial charge in [0.25, 0.3) is 0 Å². The molecule has 0 aliphatic carbocycles. The third kappa shape index (κ3) is 3.97. The Morgan fingerprint density at radius 2 is 1.85 bits per heavy atom. The van der Waals surface area contributed by atoms with Crippen LogP contribution in [-0.4, -0.2) is 5.11 Å². The van der Waals surface area contributed by atoms with Crippen molar-refractivity contribution < 1.29 is 5.11 Å². The Morgan fingerprint density at radius 3 is 2.55 bits per heavy atom. The van der Waals surface area contributed by atoms with Gasteiger partial charge in [-0.05, 0) is 35.7 Å². The normalized spacial score (nSPS) is 12.4. The van der Waals surface area contributed by atoms with Gasteiger partial charge in [-0.3, -0.25) is 0 Å². The molecule has 0 spiro atoms. The van der Waals surface area contributed by atoms with Crippen LogP contribution in [0.4, 0.5) is 0 Å². The largest absolute Gasteiger partial charge is 0.392 e. The molecule has 2 aromatic rings. The number of aliphatic hydroxyl groups excluding tert-OH is 1. The van der Waals surface area contributed by atoms with Crippen molar-refractivity contribution in [1.29, 1.82) is 0 Å². The summed E-state index contributed by atoms with van der Waals surface area (Å²) in [6.45, 7) is 2.84. The van der Waals surface area contributed by atoms with Crippen LogP contribution in [0.25, 0.3) is 0 Å². The standard InChI is InChI=1S/C16H17Cl2NO/c1-11(15-6-5-14(17)8-16(15)18)19-9-12-3-2-4-13(7-12)10-20/h2-8,11,19-20H,9-10H2,1H3. The number of rotatable bonds is 5. The van der Waals surface area contributed by atoms with Crippen LogP contribution in [0.15, 0.2) is 42.5 Å². The van der Waals surface area contributed by atoms with Crippen molar-refractivity contribution in [2.45, 2.75) is 26.1 Å². The molecule has 0 saturated carbocycles. The molecule has 20 heavy (non-hydrogen) atoms. The Kier molecular flexibility index (Phi) is 5.44. The van der Waals surface area contributed by atoms with E-state index in [2.05, 4.69) is 12.2 Å². The molecular weight excluding hydrogens is 293 g/mol. The summed E-state index contributed by atoms with van der Waals surface area (Å²) in [7, 11) is 0. The van der Waals surface area contributed by atoms with Gasteiger partial charge in [-0.1, -0.05) is 53.5 Å². The van der Waals surface area contributed by atoms with E-state index in [0.29, 0.717) is 16.6 Å². The minimum Gasteiger partial charge on any atom is -0.392 e. The molecule has 2 nitrogen and oxygen atoms in total. The van der Waals surface area contributed by atoms with E-state index < -0.39 is 0 Å². The lowest BCUT2D eigenvalue weighted by Gasteiger charge is -2.16. The monoisotopic (exact) mass is 309 g/mol. The summed E-state index contributed by atoms with van der Waals surface area (Å²) in [5, 5.41) is 13.9.